The minimum Gasteiger partial charge on any atom is -0.497 e. The molecule has 1 aromatic heterocycles. The lowest BCUT2D eigenvalue weighted by molar-refractivity contribution is -0.113. The Balaban J connectivity index is 1.69. The standard InChI is InChI=1S/C20H18FN3O2S/c1-13-11-19(24-20(22-13)14-7-9-15(26-2)10-8-14)27-12-18(25)23-17-6-4-3-5-16(17)21/h3-11H,12H2,1-2H3,(H,23,25). The molecule has 7 heteroatoms. The highest BCUT2D eigenvalue weighted by Gasteiger charge is 2.10. The first-order valence-electron chi connectivity index (χ1n) is 8.22. The second-order valence-electron chi connectivity index (χ2n) is 5.72. The van der Waals surface area contributed by atoms with Crippen molar-refractivity contribution in [2.75, 3.05) is 18.2 Å². The lowest BCUT2D eigenvalue weighted by Crippen LogP contribution is -2.15. The summed E-state index contributed by atoms with van der Waals surface area (Å²) in [5, 5.41) is 3.24. The average molecular weight is 383 g/mol. The van der Waals surface area contributed by atoms with Crippen LogP contribution < -0.4 is 10.1 Å². The summed E-state index contributed by atoms with van der Waals surface area (Å²) in [4.78, 5) is 21.1. The largest absolute Gasteiger partial charge is 0.497 e. The molecule has 0 bridgehead atoms. The van der Waals surface area contributed by atoms with Gasteiger partial charge in [0.15, 0.2) is 5.82 Å². The minimum absolute atomic E-state index is 0.118. The van der Waals surface area contributed by atoms with Crippen LogP contribution >= 0.6 is 11.8 Å². The molecule has 1 amide bonds. The fourth-order valence-electron chi connectivity index (χ4n) is 2.37. The molecule has 0 radical (unpaired) electrons. The van der Waals surface area contributed by atoms with Crippen molar-refractivity contribution in [1.82, 2.24) is 9.97 Å². The summed E-state index contributed by atoms with van der Waals surface area (Å²) in [5.74, 6) is 0.690. The van der Waals surface area contributed by atoms with Crippen molar-refractivity contribution in [2.45, 2.75) is 11.9 Å². The van der Waals surface area contributed by atoms with E-state index in [2.05, 4.69) is 15.3 Å². The Morgan fingerprint density at radius 2 is 1.89 bits per heavy atom. The smallest absolute Gasteiger partial charge is 0.234 e. The van der Waals surface area contributed by atoms with Gasteiger partial charge in [-0.05, 0) is 49.4 Å². The molecule has 0 unspecified atom stereocenters. The van der Waals surface area contributed by atoms with Crippen LogP contribution in [0.15, 0.2) is 59.6 Å². The number of ether oxygens (including phenoxy) is 1. The van der Waals surface area contributed by atoms with Gasteiger partial charge in [0.2, 0.25) is 5.91 Å². The molecule has 0 aliphatic rings. The van der Waals surface area contributed by atoms with Gasteiger partial charge in [0, 0.05) is 11.3 Å². The zero-order valence-electron chi connectivity index (χ0n) is 14.9. The number of amides is 1. The summed E-state index contributed by atoms with van der Waals surface area (Å²) < 4.78 is 18.8. The molecule has 0 aliphatic heterocycles. The van der Waals surface area contributed by atoms with Gasteiger partial charge < -0.3 is 10.1 Å². The first-order chi connectivity index (χ1) is 13.0. The van der Waals surface area contributed by atoms with Gasteiger partial charge >= 0.3 is 0 Å². The topological polar surface area (TPSA) is 64.1 Å². The van der Waals surface area contributed by atoms with Crippen molar-refractivity contribution < 1.29 is 13.9 Å². The van der Waals surface area contributed by atoms with Crippen molar-refractivity contribution in [3.8, 4) is 17.1 Å². The number of benzene rings is 2. The Bertz CT molecular complexity index is 948. The minimum atomic E-state index is -0.462. The number of aromatic nitrogens is 2. The van der Waals surface area contributed by atoms with E-state index in [0.29, 0.717) is 10.9 Å². The molecule has 1 N–H and O–H groups in total. The van der Waals surface area contributed by atoms with E-state index < -0.39 is 5.82 Å². The molecule has 3 aromatic rings. The van der Waals surface area contributed by atoms with E-state index in [-0.39, 0.29) is 17.3 Å². The molecule has 0 spiro atoms. The molecule has 138 valence electrons. The molecule has 2 aromatic carbocycles. The van der Waals surface area contributed by atoms with Gasteiger partial charge in [-0.3, -0.25) is 4.79 Å². The number of nitrogens with zero attached hydrogens (tertiary/aromatic N) is 2. The first-order valence-corrected chi connectivity index (χ1v) is 9.21. The lowest BCUT2D eigenvalue weighted by Gasteiger charge is -2.08. The predicted molar refractivity (Wildman–Crippen MR) is 105 cm³/mol. The van der Waals surface area contributed by atoms with Crippen LogP contribution in [0.4, 0.5) is 10.1 Å². The number of rotatable bonds is 6. The van der Waals surface area contributed by atoms with Crippen LogP contribution in [0.5, 0.6) is 5.75 Å². The highest BCUT2D eigenvalue weighted by molar-refractivity contribution is 7.99. The zero-order valence-corrected chi connectivity index (χ0v) is 15.7. The Labute approximate surface area is 161 Å². The van der Waals surface area contributed by atoms with Gasteiger partial charge in [-0.2, -0.15) is 0 Å². The second-order valence-corrected chi connectivity index (χ2v) is 6.71. The van der Waals surface area contributed by atoms with Gasteiger partial charge in [0.05, 0.1) is 18.6 Å². The molecule has 0 fully saturated rings. The van der Waals surface area contributed by atoms with Gasteiger partial charge in [0.25, 0.3) is 0 Å². The molecular weight excluding hydrogens is 365 g/mol. The van der Waals surface area contributed by atoms with E-state index in [1.54, 1.807) is 19.2 Å². The molecule has 5 nitrogen and oxygen atoms in total. The zero-order chi connectivity index (χ0) is 19.2. The Kier molecular flexibility index (Phi) is 6.03. The molecule has 0 saturated heterocycles. The van der Waals surface area contributed by atoms with E-state index >= 15 is 0 Å². The van der Waals surface area contributed by atoms with Crippen LogP contribution in [-0.4, -0.2) is 28.7 Å². The Morgan fingerprint density at radius 3 is 2.59 bits per heavy atom. The number of hydrogen-bond acceptors (Lipinski definition) is 5. The molecule has 3 rings (SSSR count). The van der Waals surface area contributed by atoms with Gasteiger partial charge in [-0.15, -0.1) is 0 Å². The summed E-state index contributed by atoms with van der Waals surface area (Å²) >= 11 is 1.27. The van der Waals surface area contributed by atoms with Gasteiger partial charge in [-0.25, -0.2) is 14.4 Å². The quantitative estimate of drug-likeness (QED) is 0.507. The van der Waals surface area contributed by atoms with Gasteiger partial charge in [-0.1, -0.05) is 23.9 Å². The fourth-order valence-corrected chi connectivity index (χ4v) is 3.13. The van der Waals surface area contributed by atoms with Crippen molar-refractivity contribution >= 4 is 23.4 Å². The summed E-state index contributed by atoms with van der Waals surface area (Å²) in [6, 6.07) is 15.3. The van der Waals surface area contributed by atoms with Crippen molar-refractivity contribution in [2.24, 2.45) is 0 Å². The van der Waals surface area contributed by atoms with E-state index in [1.165, 1.54) is 23.9 Å². The maximum absolute atomic E-state index is 13.6. The number of hydrogen-bond donors (Lipinski definition) is 1. The number of carbonyl (C=O) groups excluding carboxylic acids is 1. The third-order valence-corrected chi connectivity index (χ3v) is 4.59. The highest BCUT2D eigenvalue weighted by atomic mass is 32.2. The van der Waals surface area contributed by atoms with Gasteiger partial charge in [0.1, 0.15) is 16.6 Å². The average Bonchev–Trinajstić information content (AvgIpc) is 2.68. The van der Waals surface area contributed by atoms with Crippen molar-refractivity contribution in [3.63, 3.8) is 0 Å². The predicted octanol–water partition coefficient (Wildman–Crippen LogP) is 4.33. The van der Waals surface area contributed by atoms with Crippen LogP contribution in [0, 0.1) is 12.7 Å². The van der Waals surface area contributed by atoms with E-state index in [1.807, 2.05) is 37.3 Å². The third kappa shape index (κ3) is 5.04. The highest BCUT2D eigenvalue weighted by Crippen LogP contribution is 2.23. The van der Waals surface area contributed by atoms with E-state index in [4.69, 9.17) is 4.74 Å². The maximum atomic E-state index is 13.6. The first kappa shape index (κ1) is 18.8. The van der Waals surface area contributed by atoms with Crippen molar-refractivity contribution in [3.05, 3.63) is 66.1 Å². The number of anilines is 1. The summed E-state index contributed by atoms with van der Waals surface area (Å²) in [5.41, 5.74) is 1.82. The van der Waals surface area contributed by atoms with E-state index in [9.17, 15) is 9.18 Å². The number of nitrogens with one attached hydrogen (secondary N) is 1. The van der Waals surface area contributed by atoms with Crippen LogP contribution in [0.1, 0.15) is 5.69 Å². The Morgan fingerprint density at radius 1 is 1.15 bits per heavy atom. The van der Waals surface area contributed by atoms with Crippen LogP contribution in [-0.2, 0) is 4.79 Å². The number of para-hydroxylation sites is 1. The molecule has 0 aliphatic carbocycles. The van der Waals surface area contributed by atoms with Crippen LogP contribution in [0.3, 0.4) is 0 Å². The molecule has 1 heterocycles. The number of aryl methyl sites for hydroxylation is 1. The molecule has 27 heavy (non-hydrogen) atoms. The number of methoxy groups -OCH3 is 1. The normalized spacial score (nSPS) is 10.5. The van der Waals surface area contributed by atoms with Crippen molar-refractivity contribution in [1.29, 1.82) is 0 Å². The summed E-state index contributed by atoms with van der Waals surface area (Å²) in [7, 11) is 1.61. The molecular formula is C20H18FN3O2S. The summed E-state index contributed by atoms with van der Waals surface area (Å²) in [6.07, 6.45) is 0. The van der Waals surface area contributed by atoms with Crippen LogP contribution in [0.2, 0.25) is 0 Å². The maximum Gasteiger partial charge on any atom is 0.234 e. The number of halogens is 1. The monoisotopic (exact) mass is 383 g/mol. The SMILES string of the molecule is COc1ccc(-c2nc(C)cc(SCC(=O)Nc3ccccc3F)n2)cc1. The number of carbonyl (C=O) groups is 1. The summed E-state index contributed by atoms with van der Waals surface area (Å²) in [6.45, 7) is 1.87. The molecule has 0 atom stereocenters. The second kappa shape index (κ2) is 8.64. The number of thioether (sulfide) groups is 1. The molecule has 0 saturated carbocycles. The van der Waals surface area contributed by atoms with E-state index in [0.717, 1.165) is 17.0 Å². The Hall–Kier alpha value is -2.93. The lowest BCUT2D eigenvalue weighted by atomic mass is 10.2. The van der Waals surface area contributed by atoms with Crippen LogP contribution in [0.25, 0.3) is 11.4 Å². The fraction of sp³-hybridized carbons (Fsp3) is 0.150. The third-order valence-electron chi connectivity index (χ3n) is 3.68.